The molecule has 0 saturated heterocycles. The first-order chi connectivity index (χ1) is 10.0. The first kappa shape index (κ1) is 15.3. The summed E-state index contributed by atoms with van der Waals surface area (Å²) in [5.74, 6) is 0.949. The first-order valence-electron chi connectivity index (χ1n) is 6.99. The number of hydrogen-bond donors (Lipinski definition) is 1. The molecule has 0 aliphatic heterocycles. The van der Waals surface area contributed by atoms with Crippen molar-refractivity contribution in [1.29, 1.82) is 0 Å². The van der Waals surface area contributed by atoms with E-state index in [1.807, 2.05) is 12.1 Å². The van der Waals surface area contributed by atoms with Crippen LogP contribution in [0.4, 0.5) is 0 Å². The first-order valence-corrected chi connectivity index (χ1v) is 6.99. The molecule has 0 amide bonds. The number of rotatable bonds is 5. The summed E-state index contributed by atoms with van der Waals surface area (Å²) in [5, 5.41) is 3.41. The third-order valence-corrected chi connectivity index (χ3v) is 3.61. The van der Waals surface area contributed by atoms with E-state index in [2.05, 4.69) is 31.3 Å². The predicted octanol–water partition coefficient (Wildman–Crippen LogP) is 3.53. The van der Waals surface area contributed by atoms with Crippen LogP contribution in [0.3, 0.4) is 0 Å². The van der Waals surface area contributed by atoms with Gasteiger partial charge in [-0.3, -0.25) is 0 Å². The minimum absolute atomic E-state index is 0.207. The van der Waals surface area contributed by atoms with Crippen LogP contribution in [0.5, 0.6) is 0 Å². The van der Waals surface area contributed by atoms with Crippen LogP contribution in [0.15, 0.2) is 34.7 Å². The maximum atomic E-state index is 11.5. The molecule has 0 aliphatic rings. The molecular weight excluding hydrogens is 266 g/mol. The third kappa shape index (κ3) is 3.52. The van der Waals surface area contributed by atoms with Gasteiger partial charge in [-0.15, -0.1) is 0 Å². The number of methoxy groups -OCH3 is 1. The second kappa shape index (κ2) is 6.59. The lowest BCUT2D eigenvalue weighted by Crippen LogP contribution is -2.18. The zero-order valence-electron chi connectivity index (χ0n) is 12.9. The monoisotopic (exact) mass is 287 g/mol. The molecule has 21 heavy (non-hydrogen) atoms. The molecular formula is C17H21NO3. The molecule has 0 radical (unpaired) electrons. The van der Waals surface area contributed by atoms with E-state index < -0.39 is 0 Å². The Kier molecular flexibility index (Phi) is 4.81. The zero-order valence-corrected chi connectivity index (χ0v) is 12.9. The summed E-state index contributed by atoms with van der Waals surface area (Å²) in [5.41, 5.74) is 3.00. The van der Waals surface area contributed by atoms with E-state index in [9.17, 15) is 4.79 Å². The van der Waals surface area contributed by atoms with Crippen molar-refractivity contribution in [2.45, 2.75) is 33.4 Å². The average molecular weight is 287 g/mol. The molecule has 112 valence electrons. The standard InChI is InChI=1S/C17H21NO3/c1-11-7-5-6-8-15(11)12(2)18-10-14-9-16(13(3)21-14)17(19)20-4/h5-9,12,18H,10H2,1-4H3. The highest BCUT2D eigenvalue weighted by Crippen LogP contribution is 2.19. The van der Waals surface area contributed by atoms with Crippen molar-refractivity contribution in [2.75, 3.05) is 7.11 Å². The lowest BCUT2D eigenvalue weighted by Gasteiger charge is -2.15. The number of benzene rings is 1. The van der Waals surface area contributed by atoms with Gasteiger partial charge in [0.25, 0.3) is 0 Å². The lowest BCUT2D eigenvalue weighted by atomic mass is 10.0. The molecule has 1 N–H and O–H groups in total. The van der Waals surface area contributed by atoms with Gasteiger partial charge in [0.1, 0.15) is 17.1 Å². The molecule has 0 bridgehead atoms. The van der Waals surface area contributed by atoms with Crippen LogP contribution in [0.25, 0.3) is 0 Å². The molecule has 4 heteroatoms. The van der Waals surface area contributed by atoms with Crippen LogP contribution in [0.2, 0.25) is 0 Å². The van der Waals surface area contributed by atoms with Gasteiger partial charge in [-0.2, -0.15) is 0 Å². The second-order valence-electron chi connectivity index (χ2n) is 5.13. The minimum Gasteiger partial charge on any atom is -0.465 e. The molecule has 2 aromatic rings. The number of carbonyl (C=O) groups is 1. The van der Waals surface area contributed by atoms with Crippen molar-refractivity contribution in [3.05, 3.63) is 58.5 Å². The molecule has 1 atom stereocenters. The molecule has 0 spiro atoms. The minimum atomic E-state index is -0.366. The highest BCUT2D eigenvalue weighted by molar-refractivity contribution is 5.90. The van der Waals surface area contributed by atoms with E-state index in [0.29, 0.717) is 17.9 Å². The van der Waals surface area contributed by atoms with Crippen LogP contribution >= 0.6 is 0 Å². The summed E-state index contributed by atoms with van der Waals surface area (Å²) in [6, 6.07) is 10.2. The Bertz CT molecular complexity index is 631. The van der Waals surface area contributed by atoms with E-state index in [4.69, 9.17) is 9.15 Å². The SMILES string of the molecule is COC(=O)c1cc(CNC(C)c2ccccc2C)oc1C. The molecule has 1 aromatic heterocycles. The van der Waals surface area contributed by atoms with E-state index in [1.165, 1.54) is 18.2 Å². The van der Waals surface area contributed by atoms with Crippen molar-refractivity contribution < 1.29 is 13.9 Å². The summed E-state index contributed by atoms with van der Waals surface area (Å²) in [4.78, 5) is 11.5. The van der Waals surface area contributed by atoms with E-state index >= 15 is 0 Å². The number of ether oxygens (including phenoxy) is 1. The van der Waals surface area contributed by atoms with E-state index in [-0.39, 0.29) is 12.0 Å². The maximum Gasteiger partial charge on any atom is 0.341 e. The van der Waals surface area contributed by atoms with Crippen LogP contribution in [-0.2, 0) is 11.3 Å². The normalized spacial score (nSPS) is 12.2. The summed E-state index contributed by atoms with van der Waals surface area (Å²) in [7, 11) is 1.37. The number of aryl methyl sites for hydroxylation is 2. The van der Waals surface area contributed by atoms with Gasteiger partial charge >= 0.3 is 5.97 Å². The fraction of sp³-hybridized carbons (Fsp3) is 0.353. The Morgan fingerprint density at radius 2 is 2.05 bits per heavy atom. The molecule has 1 aromatic carbocycles. The van der Waals surface area contributed by atoms with Crippen LogP contribution in [0, 0.1) is 13.8 Å². The van der Waals surface area contributed by atoms with Crippen molar-refractivity contribution in [1.82, 2.24) is 5.32 Å². The Balaban J connectivity index is 2.03. The van der Waals surface area contributed by atoms with E-state index in [0.717, 1.165) is 5.76 Å². The molecule has 1 heterocycles. The maximum absolute atomic E-state index is 11.5. The number of carbonyl (C=O) groups excluding carboxylic acids is 1. The van der Waals surface area contributed by atoms with Gasteiger partial charge in [-0.25, -0.2) is 4.79 Å². The molecule has 2 rings (SSSR count). The van der Waals surface area contributed by atoms with Gasteiger partial charge in [0.15, 0.2) is 0 Å². The molecule has 4 nitrogen and oxygen atoms in total. The van der Waals surface area contributed by atoms with Gasteiger partial charge in [-0.1, -0.05) is 24.3 Å². The summed E-state index contributed by atoms with van der Waals surface area (Å²) >= 11 is 0. The average Bonchev–Trinajstić information content (AvgIpc) is 2.85. The summed E-state index contributed by atoms with van der Waals surface area (Å²) in [6.07, 6.45) is 0. The molecule has 0 saturated carbocycles. The lowest BCUT2D eigenvalue weighted by molar-refractivity contribution is 0.0599. The highest BCUT2D eigenvalue weighted by Gasteiger charge is 2.16. The largest absolute Gasteiger partial charge is 0.465 e. The fourth-order valence-electron chi connectivity index (χ4n) is 2.38. The van der Waals surface area contributed by atoms with Gasteiger partial charge < -0.3 is 14.5 Å². The number of hydrogen-bond acceptors (Lipinski definition) is 4. The summed E-state index contributed by atoms with van der Waals surface area (Å²) in [6.45, 7) is 6.53. The molecule has 0 fully saturated rings. The van der Waals surface area contributed by atoms with Gasteiger partial charge in [0, 0.05) is 6.04 Å². The summed E-state index contributed by atoms with van der Waals surface area (Å²) < 4.78 is 10.3. The predicted molar refractivity (Wildman–Crippen MR) is 81.2 cm³/mol. The Morgan fingerprint density at radius 3 is 2.71 bits per heavy atom. The molecule has 0 aliphatic carbocycles. The van der Waals surface area contributed by atoms with Gasteiger partial charge in [0.05, 0.1) is 13.7 Å². The second-order valence-corrected chi connectivity index (χ2v) is 5.13. The number of furan rings is 1. The Morgan fingerprint density at radius 1 is 1.33 bits per heavy atom. The Labute approximate surface area is 125 Å². The fourth-order valence-corrected chi connectivity index (χ4v) is 2.38. The van der Waals surface area contributed by atoms with Gasteiger partial charge in [0.2, 0.25) is 0 Å². The smallest absolute Gasteiger partial charge is 0.341 e. The molecule has 1 unspecified atom stereocenters. The Hall–Kier alpha value is -2.07. The van der Waals surface area contributed by atoms with Crippen molar-refractivity contribution in [3.8, 4) is 0 Å². The van der Waals surface area contributed by atoms with Crippen LogP contribution in [0.1, 0.15) is 46.0 Å². The van der Waals surface area contributed by atoms with Crippen molar-refractivity contribution >= 4 is 5.97 Å². The van der Waals surface area contributed by atoms with E-state index in [1.54, 1.807) is 13.0 Å². The number of esters is 1. The van der Waals surface area contributed by atoms with Crippen molar-refractivity contribution in [2.24, 2.45) is 0 Å². The highest BCUT2D eigenvalue weighted by atomic mass is 16.5. The zero-order chi connectivity index (χ0) is 15.4. The van der Waals surface area contributed by atoms with Gasteiger partial charge in [-0.05, 0) is 38.0 Å². The quantitative estimate of drug-likeness (QED) is 0.855. The van der Waals surface area contributed by atoms with Crippen LogP contribution < -0.4 is 5.32 Å². The topological polar surface area (TPSA) is 51.5 Å². The van der Waals surface area contributed by atoms with Crippen molar-refractivity contribution in [3.63, 3.8) is 0 Å². The van der Waals surface area contributed by atoms with Crippen LogP contribution in [-0.4, -0.2) is 13.1 Å². The third-order valence-electron chi connectivity index (χ3n) is 3.61. The number of nitrogens with one attached hydrogen (secondary N) is 1.